The molecule has 4 N–H and O–H groups in total. The van der Waals surface area contributed by atoms with Crippen LogP contribution in [0.5, 0.6) is 0 Å². The molecule has 0 unspecified atom stereocenters. The van der Waals surface area contributed by atoms with Crippen LogP contribution in [0.15, 0.2) is 0 Å². The van der Waals surface area contributed by atoms with Crippen molar-refractivity contribution in [2.75, 3.05) is 5.88 Å². The molecule has 0 aromatic rings. The van der Waals surface area contributed by atoms with Crippen molar-refractivity contribution in [2.45, 2.75) is 0 Å². The van der Waals surface area contributed by atoms with Crippen molar-refractivity contribution >= 4 is 27.4 Å². The molecule has 11 heavy (non-hydrogen) atoms. The summed E-state index contributed by atoms with van der Waals surface area (Å²) < 4.78 is 28.1. The van der Waals surface area contributed by atoms with Crippen LogP contribution in [0.25, 0.3) is 5.84 Å². The van der Waals surface area contributed by atoms with Gasteiger partial charge in [0, 0.05) is 0 Å². The zero-order valence-electron chi connectivity index (χ0n) is 5.79. The zero-order valence-corrected chi connectivity index (χ0v) is 9.42. The quantitative estimate of drug-likeness (QED) is 0.186. The van der Waals surface area contributed by atoms with E-state index in [2.05, 4.69) is 17.5 Å². The minimum Gasteiger partial charge on any atom is -0.584 e. The predicted molar refractivity (Wildman–Crippen MR) is 39.6 cm³/mol. The van der Waals surface area contributed by atoms with Gasteiger partial charge < -0.3 is 16.6 Å². The molecule has 0 fully saturated rings. The summed E-state index contributed by atoms with van der Waals surface area (Å²) in [4.78, 5) is 0. The van der Waals surface area contributed by atoms with Crippen molar-refractivity contribution < 1.29 is 42.5 Å². The smallest absolute Gasteiger partial charge is 0.584 e. The number of hydrogen-bond acceptors (Lipinski definition) is 3. The Hall–Kier alpha value is 0.560. The summed E-state index contributed by atoms with van der Waals surface area (Å²) >= 11 is 4.34. The van der Waals surface area contributed by atoms with Gasteiger partial charge in [-0.15, -0.1) is 0 Å². The van der Waals surface area contributed by atoms with Gasteiger partial charge in [-0.2, -0.15) is 8.42 Å². The number of thiocarbonyl (C=S) groups is 1. The Morgan fingerprint density at radius 2 is 2.09 bits per heavy atom. The van der Waals surface area contributed by atoms with E-state index < -0.39 is 16.0 Å². The van der Waals surface area contributed by atoms with Gasteiger partial charge in [0.05, 0.1) is 0 Å². The second-order valence-electron chi connectivity index (χ2n) is 1.36. The van der Waals surface area contributed by atoms with Crippen LogP contribution in [0.2, 0.25) is 0 Å². The van der Waals surface area contributed by atoms with Crippen molar-refractivity contribution in [3.05, 3.63) is 5.84 Å². The first-order valence-corrected chi connectivity index (χ1v) is 4.13. The molecule has 0 rings (SSSR count). The Morgan fingerprint density at radius 1 is 1.64 bits per heavy atom. The van der Waals surface area contributed by atoms with Crippen molar-refractivity contribution in [1.82, 2.24) is 10.7 Å². The van der Waals surface area contributed by atoms with Crippen molar-refractivity contribution in [2.24, 2.45) is 0 Å². The molecule has 9 heteroatoms. The fraction of sp³-hybridized carbons (Fsp3) is 0.500. The minimum atomic E-state index is -4.05. The van der Waals surface area contributed by atoms with Gasteiger partial charge in [-0.05, 0) is 12.2 Å². The first-order chi connectivity index (χ1) is 4.45. The molecule has 0 bridgehead atoms. The molecule has 0 heterocycles. The van der Waals surface area contributed by atoms with Crippen LogP contribution in [0.1, 0.15) is 0 Å². The fourth-order valence-electron chi connectivity index (χ4n) is 0.201. The molecule has 0 radical (unpaired) electrons. The molecule has 0 aromatic carbocycles. The van der Waals surface area contributed by atoms with Crippen LogP contribution in [-0.2, 0) is 10.1 Å². The Labute approximate surface area is 91.9 Å². The maximum Gasteiger partial charge on any atom is 1.00 e. The summed E-state index contributed by atoms with van der Waals surface area (Å²) in [6.07, 6.45) is 0. The molecule has 0 aromatic heterocycles. The normalized spacial score (nSPS) is 9.64. The van der Waals surface area contributed by atoms with Gasteiger partial charge in [0.1, 0.15) is 11.0 Å². The third-order valence-corrected chi connectivity index (χ3v) is 1.28. The fourth-order valence-corrected chi connectivity index (χ4v) is 0.691. The largest absolute Gasteiger partial charge is 1.00 e. The van der Waals surface area contributed by atoms with Crippen molar-refractivity contribution in [1.29, 1.82) is 0 Å². The second kappa shape index (κ2) is 6.12. The molecule has 0 saturated carbocycles. The minimum absolute atomic E-state index is 0. The van der Waals surface area contributed by atoms with Gasteiger partial charge in [-0.1, -0.05) is 0 Å². The summed E-state index contributed by atoms with van der Waals surface area (Å²) in [7, 11) is -4.05. The Bertz CT molecular complexity index is 215. The molecular weight excluding hydrogens is 201 g/mol. The maximum absolute atomic E-state index is 10.00. The molecule has 0 aliphatic carbocycles. The van der Waals surface area contributed by atoms with E-state index >= 15 is 0 Å². The van der Waals surface area contributed by atoms with Crippen molar-refractivity contribution in [3.8, 4) is 0 Å². The third-order valence-electron chi connectivity index (χ3n) is 0.529. The Kier molecular flexibility index (Phi) is 7.84. The second-order valence-corrected chi connectivity index (χ2v) is 3.22. The monoisotopic (exact) mass is 207 g/mol. The average Bonchev–Trinajstić information content (AvgIpc) is 1.81. The van der Waals surface area contributed by atoms with E-state index in [0.29, 0.717) is 0 Å². The van der Waals surface area contributed by atoms with Crippen LogP contribution < -0.4 is 40.3 Å². The van der Waals surface area contributed by atoms with E-state index in [1.54, 1.807) is 5.43 Å². The number of nitrogens with one attached hydrogen (secondary N) is 3. The van der Waals surface area contributed by atoms with Gasteiger partial charge in [-0.3, -0.25) is 4.55 Å². The molecule has 6 nitrogen and oxygen atoms in total. The number of hydrogen-bond donors (Lipinski definition) is 3. The molecule has 0 atom stereocenters. The predicted octanol–water partition coefficient (Wildman–Crippen LogP) is -3.73. The summed E-state index contributed by atoms with van der Waals surface area (Å²) in [5, 5.41) is 1.91. The van der Waals surface area contributed by atoms with E-state index in [1.807, 2.05) is 0 Å². The Balaban J connectivity index is 0. The van der Waals surface area contributed by atoms with E-state index in [4.69, 9.17) is 10.4 Å². The SMILES string of the molecule is [NH-]NC(=S)NCS(=O)(=O)O.[Na+]. The van der Waals surface area contributed by atoms with Crippen molar-refractivity contribution in [3.63, 3.8) is 0 Å². The van der Waals surface area contributed by atoms with E-state index in [-0.39, 0.29) is 34.7 Å². The molecular formula is C2H6N3NaO3S2. The standard InChI is InChI=1S/C2H6N3O3S2.Na/c3-5-2(9)4-1-10(6,7)8;/h3H,1H2,(H2,4,5,9)(H,6,7,8);/q-1;+1. The molecule has 0 amide bonds. The van der Waals surface area contributed by atoms with E-state index in [1.165, 1.54) is 0 Å². The first kappa shape index (κ1) is 14.1. The molecule has 0 aliphatic heterocycles. The van der Waals surface area contributed by atoms with E-state index in [0.717, 1.165) is 0 Å². The van der Waals surface area contributed by atoms with Gasteiger partial charge in [0.15, 0.2) is 0 Å². The van der Waals surface area contributed by atoms with Crippen LogP contribution in [0, 0.1) is 0 Å². The topological polar surface area (TPSA) is 102 Å². The summed E-state index contributed by atoms with van der Waals surface area (Å²) in [6, 6.07) is 0. The van der Waals surface area contributed by atoms with Gasteiger partial charge in [0.25, 0.3) is 10.1 Å². The molecule has 0 aliphatic rings. The number of rotatable bonds is 2. The van der Waals surface area contributed by atoms with E-state index in [9.17, 15) is 8.42 Å². The molecule has 0 saturated heterocycles. The van der Waals surface area contributed by atoms with Crippen LogP contribution in [0.4, 0.5) is 0 Å². The third kappa shape index (κ3) is 10.6. The molecule has 60 valence electrons. The van der Waals surface area contributed by atoms with Crippen LogP contribution >= 0.6 is 12.2 Å². The summed E-state index contributed by atoms with van der Waals surface area (Å²) in [6.45, 7) is 0. The summed E-state index contributed by atoms with van der Waals surface area (Å²) in [5.74, 6) is 5.70. The average molecular weight is 207 g/mol. The van der Waals surface area contributed by atoms with Crippen LogP contribution in [0.3, 0.4) is 0 Å². The first-order valence-electron chi connectivity index (χ1n) is 2.11. The van der Waals surface area contributed by atoms with Crippen LogP contribution in [-0.4, -0.2) is 24.0 Å². The zero-order chi connectivity index (χ0) is 8.20. The molecule has 0 spiro atoms. The summed E-state index contributed by atoms with van der Waals surface area (Å²) in [5.41, 5.74) is 1.73. The van der Waals surface area contributed by atoms with Gasteiger partial charge >= 0.3 is 29.6 Å². The maximum atomic E-state index is 10.00. The Morgan fingerprint density at radius 3 is 2.36 bits per heavy atom. The van der Waals surface area contributed by atoms with Gasteiger partial charge in [-0.25, -0.2) is 0 Å². The van der Waals surface area contributed by atoms with Gasteiger partial charge in [0.2, 0.25) is 0 Å².